The highest BCUT2D eigenvalue weighted by atomic mass is 35.5. The number of anilines is 1. The number of carbonyl (C=O) groups is 1. The van der Waals surface area contributed by atoms with E-state index in [4.69, 9.17) is 11.6 Å². The lowest BCUT2D eigenvalue weighted by Crippen LogP contribution is -2.25. The first-order chi connectivity index (χ1) is 10.3. The summed E-state index contributed by atoms with van der Waals surface area (Å²) in [5.74, 6) is -0.445. The first kappa shape index (κ1) is 16.3. The van der Waals surface area contributed by atoms with Gasteiger partial charge in [-0.3, -0.25) is 14.5 Å². The molecule has 0 bridgehead atoms. The number of nitrogens with one attached hydrogen (secondary N) is 2. The monoisotopic (exact) mass is 339 g/mol. The first-order valence-corrected chi connectivity index (χ1v) is 8.57. The highest BCUT2D eigenvalue weighted by molar-refractivity contribution is 7.92. The molecule has 8 heteroatoms. The number of hydrogen-bond acceptors (Lipinski definition) is 4. The van der Waals surface area contributed by atoms with Crippen LogP contribution in [0.15, 0.2) is 42.6 Å². The van der Waals surface area contributed by atoms with Crippen molar-refractivity contribution in [1.82, 2.24) is 10.3 Å². The van der Waals surface area contributed by atoms with Gasteiger partial charge in [0.15, 0.2) is 0 Å². The lowest BCUT2D eigenvalue weighted by atomic mass is 10.1. The third-order valence-corrected chi connectivity index (χ3v) is 3.50. The van der Waals surface area contributed by atoms with E-state index < -0.39 is 15.9 Å². The second-order valence-corrected chi connectivity index (χ2v) is 6.75. The Labute approximate surface area is 133 Å². The summed E-state index contributed by atoms with van der Waals surface area (Å²) in [6.45, 7) is 0.227. The van der Waals surface area contributed by atoms with Crippen LogP contribution in [-0.4, -0.2) is 25.6 Å². The van der Waals surface area contributed by atoms with Crippen LogP contribution in [0.25, 0.3) is 0 Å². The molecule has 2 aromatic rings. The first-order valence-electron chi connectivity index (χ1n) is 6.30. The summed E-state index contributed by atoms with van der Waals surface area (Å²) in [4.78, 5) is 16.3. The van der Waals surface area contributed by atoms with E-state index in [1.165, 1.54) is 18.2 Å². The molecule has 22 heavy (non-hydrogen) atoms. The van der Waals surface area contributed by atoms with E-state index in [1.807, 2.05) is 6.07 Å². The van der Waals surface area contributed by atoms with Crippen molar-refractivity contribution >= 4 is 33.2 Å². The molecule has 0 unspecified atom stereocenters. The van der Waals surface area contributed by atoms with Gasteiger partial charge in [-0.2, -0.15) is 0 Å². The normalized spacial score (nSPS) is 11.0. The zero-order valence-electron chi connectivity index (χ0n) is 11.7. The van der Waals surface area contributed by atoms with Gasteiger partial charge in [0.25, 0.3) is 5.91 Å². The number of hydrogen-bond donors (Lipinski definition) is 2. The Morgan fingerprint density at radius 2 is 2.05 bits per heavy atom. The fraction of sp³-hybridized carbons (Fsp3) is 0.143. The molecule has 1 heterocycles. The van der Waals surface area contributed by atoms with Gasteiger partial charge in [-0.15, -0.1) is 0 Å². The number of benzene rings is 1. The van der Waals surface area contributed by atoms with E-state index in [9.17, 15) is 13.2 Å². The molecule has 0 atom stereocenters. The Morgan fingerprint density at radius 3 is 2.68 bits per heavy atom. The summed E-state index contributed by atoms with van der Waals surface area (Å²) in [6, 6.07) is 9.71. The fourth-order valence-electron chi connectivity index (χ4n) is 1.76. The van der Waals surface area contributed by atoms with Crippen LogP contribution in [0.5, 0.6) is 0 Å². The zero-order valence-corrected chi connectivity index (χ0v) is 13.3. The van der Waals surface area contributed by atoms with Gasteiger partial charge < -0.3 is 5.32 Å². The number of aromatic nitrogens is 1. The molecule has 1 amide bonds. The van der Waals surface area contributed by atoms with Gasteiger partial charge in [-0.05, 0) is 30.3 Å². The van der Waals surface area contributed by atoms with E-state index in [1.54, 1.807) is 18.3 Å². The molecule has 0 saturated heterocycles. The molecule has 0 radical (unpaired) electrons. The largest absolute Gasteiger partial charge is 0.346 e. The summed E-state index contributed by atoms with van der Waals surface area (Å²) >= 11 is 5.88. The van der Waals surface area contributed by atoms with E-state index in [-0.39, 0.29) is 17.8 Å². The fourth-order valence-corrected chi connectivity index (χ4v) is 2.51. The van der Waals surface area contributed by atoms with E-state index in [2.05, 4.69) is 15.0 Å². The number of pyridine rings is 1. The van der Waals surface area contributed by atoms with E-state index in [0.29, 0.717) is 10.7 Å². The summed E-state index contributed by atoms with van der Waals surface area (Å²) in [6.07, 6.45) is 2.63. The molecule has 0 fully saturated rings. The standard InChI is InChI=1S/C14H14ClN3O3S/c1-22(20,21)18-13-6-5-10(15)8-12(13)14(19)17-9-11-4-2-3-7-16-11/h2-8,18H,9H2,1H3,(H,17,19). The maximum atomic E-state index is 12.2. The Balaban J connectivity index is 2.19. The van der Waals surface area contributed by atoms with Crippen molar-refractivity contribution in [2.45, 2.75) is 6.54 Å². The number of nitrogens with zero attached hydrogens (tertiary/aromatic N) is 1. The number of halogens is 1. The summed E-state index contributed by atoms with van der Waals surface area (Å²) in [5.41, 5.74) is 1.01. The molecular weight excluding hydrogens is 326 g/mol. The molecule has 1 aromatic heterocycles. The van der Waals surface area contributed by atoms with Crippen LogP contribution in [0.4, 0.5) is 5.69 Å². The van der Waals surface area contributed by atoms with Crippen LogP contribution in [-0.2, 0) is 16.6 Å². The van der Waals surface area contributed by atoms with Crippen molar-refractivity contribution in [3.63, 3.8) is 0 Å². The van der Waals surface area contributed by atoms with Crippen molar-refractivity contribution in [2.75, 3.05) is 11.0 Å². The lowest BCUT2D eigenvalue weighted by Gasteiger charge is -2.11. The van der Waals surface area contributed by atoms with Crippen molar-refractivity contribution in [1.29, 1.82) is 0 Å². The highest BCUT2D eigenvalue weighted by Crippen LogP contribution is 2.21. The second kappa shape index (κ2) is 6.76. The minimum absolute atomic E-state index is 0.147. The molecule has 116 valence electrons. The molecule has 2 N–H and O–H groups in total. The molecule has 2 rings (SSSR count). The average Bonchev–Trinajstić information content (AvgIpc) is 2.46. The number of amides is 1. The van der Waals surface area contributed by atoms with Crippen LogP contribution in [0.3, 0.4) is 0 Å². The topological polar surface area (TPSA) is 88.2 Å². The summed E-state index contributed by atoms with van der Waals surface area (Å²) in [5, 5.41) is 3.01. The third kappa shape index (κ3) is 4.71. The quantitative estimate of drug-likeness (QED) is 0.872. The van der Waals surface area contributed by atoms with Crippen molar-refractivity contribution in [3.8, 4) is 0 Å². The molecule has 0 aliphatic heterocycles. The minimum atomic E-state index is -3.50. The molecule has 0 saturated carbocycles. The van der Waals surface area contributed by atoms with Gasteiger partial charge in [-0.25, -0.2) is 8.42 Å². The number of carbonyl (C=O) groups excluding carboxylic acids is 1. The third-order valence-electron chi connectivity index (χ3n) is 2.68. The Kier molecular flexibility index (Phi) is 4.99. The van der Waals surface area contributed by atoms with Gasteiger partial charge in [-0.1, -0.05) is 17.7 Å². The summed E-state index contributed by atoms with van der Waals surface area (Å²) in [7, 11) is -3.50. The molecule has 0 spiro atoms. The van der Waals surface area contributed by atoms with Crippen LogP contribution in [0.1, 0.15) is 16.1 Å². The highest BCUT2D eigenvalue weighted by Gasteiger charge is 2.14. The SMILES string of the molecule is CS(=O)(=O)Nc1ccc(Cl)cc1C(=O)NCc1ccccn1. The number of rotatable bonds is 5. The minimum Gasteiger partial charge on any atom is -0.346 e. The maximum absolute atomic E-state index is 12.2. The van der Waals surface area contributed by atoms with Crippen molar-refractivity contribution in [2.24, 2.45) is 0 Å². The van der Waals surface area contributed by atoms with Crippen LogP contribution in [0, 0.1) is 0 Å². The van der Waals surface area contributed by atoms with Gasteiger partial charge in [0.1, 0.15) is 0 Å². The van der Waals surface area contributed by atoms with Gasteiger partial charge in [0.05, 0.1) is 29.7 Å². The zero-order chi connectivity index (χ0) is 16.2. The molecular formula is C14H14ClN3O3S. The van der Waals surface area contributed by atoms with E-state index in [0.717, 1.165) is 6.26 Å². The van der Waals surface area contributed by atoms with Crippen LogP contribution < -0.4 is 10.0 Å². The van der Waals surface area contributed by atoms with E-state index >= 15 is 0 Å². The molecule has 0 aliphatic carbocycles. The van der Waals surface area contributed by atoms with Crippen LogP contribution >= 0.6 is 11.6 Å². The van der Waals surface area contributed by atoms with Crippen molar-refractivity contribution in [3.05, 3.63) is 58.9 Å². The maximum Gasteiger partial charge on any atom is 0.253 e. The van der Waals surface area contributed by atoms with Gasteiger partial charge in [0, 0.05) is 11.2 Å². The Morgan fingerprint density at radius 1 is 1.27 bits per heavy atom. The molecule has 6 nitrogen and oxygen atoms in total. The van der Waals surface area contributed by atoms with Crippen molar-refractivity contribution < 1.29 is 13.2 Å². The second-order valence-electron chi connectivity index (χ2n) is 4.57. The predicted molar refractivity (Wildman–Crippen MR) is 85.3 cm³/mol. The molecule has 1 aromatic carbocycles. The Hall–Kier alpha value is -2.12. The van der Waals surface area contributed by atoms with Gasteiger partial charge >= 0.3 is 0 Å². The lowest BCUT2D eigenvalue weighted by molar-refractivity contribution is 0.0951. The molecule has 0 aliphatic rings. The Bertz CT molecular complexity index is 779. The number of sulfonamides is 1. The predicted octanol–water partition coefficient (Wildman–Crippen LogP) is 2.04. The average molecular weight is 340 g/mol. The van der Waals surface area contributed by atoms with Gasteiger partial charge in [0.2, 0.25) is 10.0 Å². The smallest absolute Gasteiger partial charge is 0.253 e. The summed E-state index contributed by atoms with van der Waals surface area (Å²) < 4.78 is 25.0. The van der Waals surface area contributed by atoms with Crippen LogP contribution in [0.2, 0.25) is 5.02 Å².